The van der Waals surface area contributed by atoms with Crippen LogP contribution >= 0.6 is 0 Å². The van der Waals surface area contributed by atoms with Crippen LogP contribution in [0.25, 0.3) is 10.9 Å². The van der Waals surface area contributed by atoms with E-state index in [-0.39, 0.29) is 6.04 Å². The van der Waals surface area contributed by atoms with Gasteiger partial charge in [0.25, 0.3) is 0 Å². The molecule has 1 unspecified atom stereocenters. The number of nitrogens with one attached hydrogen (secondary N) is 1. The zero-order valence-corrected chi connectivity index (χ0v) is 11.3. The van der Waals surface area contributed by atoms with E-state index >= 15 is 0 Å². The number of anilines is 1. The zero-order valence-electron chi connectivity index (χ0n) is 11.3. The van der Waals surface area contributed by atoms with Gasteiger partial charge in [-0.15, -0.1) is 0 Å². The molecule has 0 aliphatic carbocycles. The molecular weight excluding hydrogens is 268 g/mol. The molecule has 6 nitrogen and oxygen atoms in total. The van der Waals surface area contributed by atoms with Gasteiger partial charge in [0.15, 0.2) is 0 Å². The molecule has 0 radical (unpaired) electrons. The Morgan fingerprint density at radius 1 is 1.48 bits per heavy atom. The minimum atomic E-state index is -0.884. The molecule has 1 atom stereocenters. The molecule has 1 aromatic heterocycles. The van der Waals surface area contributed by atoms with Crippen LogP contribution in [-0.2, 0) is 0 Å². The van der Waals surface area contributed by atoms with Crippen molar-refractivity contribution in [1.29, 1.82) is 5.26 Å². The van der Waals surface area contributed by atoms with Gasteiger partial charge in [0.05, 0.1) is 11.1 Å². The highest BCUT2D eigenvalue weighted by molar-refractivity contribution is 5.94. The molecule has 1 saturated heterocycles. The van der Waals surface area contributed by atoms with Crippen molar-refractivity contribution < 1.29 is 9.90 Å². The van der Waals surface area contributed by atoms with E-state index in [1.807, 2.05) is 18.2 Å². The smallest absolute Gasteiger partial charge is 0.407 e. The lowest BCUT2D eigenvalue weighted by Gasteiger charge is -2.16. The summed E-state index contributed by atoms with van der Waals surface area (Å²) in [4.78, 5) is 16.6. The SMILES string of the molecule is N#Cc1ccc(NC2CCN(C(=O)O)C2)c2cccnc12. The summed E-state index contributed by atoms with van der Waals surface area (Å²) in [6.45, 7) is 1.01. The molecule has 1 aliphatic heterocycles. The van der Waals surface area contributed by atoms with Crippen molar-refractivity contribution in [2.75, 3.05) is 18.4 Å². The molecule has 2 aromatic rings. The van der Waals surface area contributed by atoms with Gasteiger partial charge in [0, 0.05) is 36.4 Å². The second-order valence-corrected chi connectivity index (χ2v) is 5.03. The molecule has 21 heavy (non-hydrogen) atoms. The number of benzene rings is 1. The van der Waals surface area contributed by atoms with Gasteiger partial charge >= 0.3 is 6.09 Å². The Bertz CT molecular complexity index is 738. The third-order valence-electron chi connectivity index (χ3n) is 3.71. The molecule has 3 rings (SSSR count). The first-order valence-electron chi connectivity index (χ1n) is 6.71. The fraction of sp³-hybridized carbons (Fsp3) is 0.267. The van der Waals surface area contributed by atoms with Gasteiger partial charge in [0.2, 0.25) is 0 Å². The third kappa shape index (κ3) is 2.46. The second kappa shape index (κ2) is 5.29. The summed E-state index contributed by atoms with van der Waals surface area (Å²) in [5, 5.41) is 22.4. The minimum absolute atomic E-state index is 0.0810. The van der Waals surface area contributed by atoms with Gasteiger partial charge in [-0.25, -0.2) is 4.79 Å². The number of fused-ring (bicyclic) bond motifs is 1. The molecule has 1 aliphatic rings. The van der Waals surface area contributed by atoms with E-state index < -0.39 is 6.09 Å². The molecule has 0 bridgehead atoms. The number of nitriles is 1. The maximum Gasteiger partial charge on any atom is 0.407 e. The number of aromatic nitrogens is 1. The zero-order chi connectivity index (χ0) is 14.8. The third-order valence-corrected chi connectivity index (χ3v) is 3.71. The standard InChI is InChI=1S/C15H14N4O2/c16-8-10-3-4-13(12-2-1-6-17-14(10)12)18-11-5-7-19(9-11)15(20)21/h1-4,6,11,18H,5,7,9H2,(H,20,21). The molecule has 2 N–H and O–H groups in total. The van der Waals surface area contributed by atoms with Gasteiger partial charge in [-0.1, -0.05) is 0 Å². The highest BCUT2D eigenvalue weighted by Crippen LogP contribution is 2.26. The molecule has 1 fully saturated rings. The Kier molecular flexibility index (Phi) is 3.32. The number of carbonyl (C=O) groups is 1. The van der Waals surface area contributed by atoms with Crippen LogP contribution in [0.3, 0.4) is 0 Å². The number of rotatable bonds is 2. The highest BCUT2D eigenvalue weighted by Gasteiger charge is 2.26. The predicted molar refractivity (Wildman–Crippen MR) is 78.1 cm³/mol. The fourth-order valence-corrected chi connectivity index (χ4v) is 2.66. The maximum atomic E-state index is 10.9. The summed E-state index contributed by atoms with van der Waals surface area (Å²) < 4.78 is 0. The van der Waals surface area contributed by atoms with Crippen molar-refractivity contribution in [3.8, 4) is 6.07 Å². The average molecular weight is 282 g/mol. The van der Waals surface area contributed by atoms with E-state index in [1.165, 1.54) is 4.90 Å². The molecule has 1 amide bonds. The lowest BCUT2D eigenvalue weighted by atomic mass is 10.1. The molecule has 0 saturated carbocycles. The Labute approximate surface area is 121 Å². The van der Waals surface area contributed by atoms with Gasteiger partial charge in [0.1, 0.15) is 6.07 Å². The lowest BCUT2D eigenvalue weighted by molar-refractivity contribution is 0.155. The van der Waals surface area contributed by atoms with E-state index in [4.69, 9.17) is 10.4 Å². The van der Waals surface area contributed by atoms with Crippen molar-refractivity contribution in [2.45, 2.75) is 12.5 Å². The molecule has 6 heteroatoms. The van der Waals surface area contributed by atoms with Crippen LogP contribution in [0, 0.1) is 11.3 Å². The number of hydrogen-bond acceptors (Lipinski definition) is 4. The van der Waals surface area contributed by atoms with Gasteiger partial charge in [-0.05, 0) is 30.7 Å². The molecule has 106 valence electrons. The van der Waals surface area contributed by atoms with E-state index in [1.54, 1.807) is 12.3 Å². The monoisotopic (exact) mass is 282 g/mol. The van der Waals surface area contributed by atoms with Crippen molar-refractivity contribution >= 4 is 22.7 Å². The highest BCUT2D eigenvalue weighted by atomic mass is 16.4. The number of carboxylic acid groups (broad SMARTS) is 1. The normalized spacial score (nSPS) is 17.7. The summed E-state index contributed by atoms with van der Waals surface area (Å²) in [5.74, 6) is 0. The van der Waals surface area contributed by atoms with Crippen LogP contribution in [0.1, 0.15) is 12.0 Å². The van der Waals surface area contributed by atoms with Crippen LogP contribution in [0.2, 0.25) is 0 Å². The van der Waals surface area contributed by atoms with Crippen LogP contribution in [0.4, 0.5) is 10.5 Å². The average Bonchev–Trinajstić information content (AvgIpc) is 2.96. The van der Waals surface area contributed by atoms with Crippen molar-refractivity contribution in [3.63, 3.8) is 0 Å². The number of likely N-dealkylation sites (tertiary alicyclic amines) is 1. The summed E-state index contributed by atoms with van der Waals surface area (Å²) in [5.41, 5.74) is 2.09. The number of nitrogens with zero attached hydrogens (tertiary/aromatic N) is 3. The Hall–Kier alpha value is -2.81. The largest absolute Gasteiger partial charge is 0.465 e. The first-order chi connectivity index (χ1) is 10.2. The van der Waals surface area contributed by atoms with Crippen LogP contribution in [0.15, 0.2) is 30.5 Å². The van der Waals surface area contributed by atoms with Crippen molar-refractivity contribution in [3.05, 3.63) is 36.0 Å². The van der Waals surface area contributed by atoms with Crippen molar-refractivity contribution in [1.82, 2.24) is 9.88 Å². The van der Waals surface area contributed by atoms with Gasteiger partial charge < -0.3 is 15.3 Å². The topological polar surface area (TPSA) is 89.2 Å². The molecule has 2 heterocycles. The quantitative estimate of drug-likeness (QED) is 0.882. The summed E-state index contributed by atoms with van der Waals surface area (Å²) >= 11 is 0. The second-order valence-electron chi connectivity index (χ2n) is 5.03. The first kappa shape index (κ1) is 13.2. The van der Waals surface area contributed by atoms with E-state index in [9.17, 15) is 4.79 Å². The van der Waals surface area contributed by atoms with E-state index in [0.29, 0.717) is 24.2 Å². The fourth-order valence-electron chi connectivity index (χ4n) is 2.66. The Morgan fingerprint density at radius 3 is 3.05 bits per heavy atom. The van der Waals surface area contributed by atoms with Crippen LogP contribution in [0.5, 0.6) is 0 Å². The number of amides is 1. The molecular formula is C15H14N4O2. The number of pyridine rings is 1. The predicted octanol–water partition coefficient (Wildman–Crippen LogP) is 2.27. The minimum Gasteiger partial charge on any atom is -0.465 e. The van der Waals surface area contributed by atoms with Gasteiger partial charge in [-0.2, -0.15) is 5.26 Å². The summed E-state index contributed by atoms with van der Waals surface area (Å²) in [6.07, 6.45) is 1.55. The van der Waals surface area contributed by atoms with Crippen LogP contribution < -0.4 is 5.32 Å². The molecule has 1 aromatic carbocycles. The van der Waals surface area contributed by atoms with Crippen LogP contribution in [-0.4, -0.2) is 40.2 Å². The maximum absolute atomic E-state index is 10.9. The van der Waals surface area contributed by atoms with Crippen molar-refractivity contribution in [2.24, 2.45) is 0 Å². The van der Waals surface area contributed by atoms with E-state index in [0.717, 1.165) is 17.5 Å². The Balaban J connectivity index is 1.89. The number of hydrogen-bond donors (Lipinski definition) is 2. The molecule has 0 spiro atoms. The summed E-state index contributed by atoms with van der Waals surface area (Å²) in [7, 11) is 0. The summed E-state index contributed by atoms with van der Waals surface area (Å²) in [6, 6.07) is 9.55. The lowest BCUT2D eigenvalue weighted by Crippen LogP contribution is -2.30. The first-order valence-corrected chi connectivity index (χ1v) is 6.71. The Morgan fingerprint density at radius 2 is 2.33 bits per heavy atom. The van der Waals surface area contributed by atoms with E-state index in [2.05, 4.69) is 16.4 Å². The van der Waals surface area contributed by atoms with Gasteiger partial charge in [-0.3, -0.25) is 4.98 Å².